The molecular formula is C13H23N3O. The fraction of sp³-hybridized carbons (Fsp3) is 0.769. The smallest absolute Gasteiger partial charge is 0.150 e. The Morgan fingerprint density at radius 2 is 2.24 bits per heavy atom. The van der Waals surface area contributed by atoms with E-state index >= 15 is 0 Å². The fourth-order valence-electron chi connectivity index (χ4n) is 2.61. The highest BCUT2D eigenvalue weighted by atomic mass is 16.5. The molecule has 0 amide bonds. The zero-order valence-electron chi connectivity index (χ0n) is 11.1. The molecule has 1 fully saturated rings. The Bertz CT molecular complexity index is 357. The monoisotopic (exact) mass is 237 g/mol. The van der Waals surface area contributed by atoms with Crippen LogP contribution >= 0.6 is 0 Å². The minimum Gasteiger partial charge on any atom is -0.360 e. The largest absolute Gasteiger partial charge is 0.360 e. The molecule has 1 saturated heterocycles. The van der Waals surface area contributed by atoms with E-state index in [2.05, 4.69) is 29.2 Å². The van der Waals surface area contributed by atoms with E-state index in [0.29, 0.717) is 0 Å². The Hall–Kier alpha value is -0.870. The van der Waals surface area contributed by atoms with E-state index < -0.39 is 0 Å². The molecule has 2 rings (SSSR count). The van der Waals surface area contributed by atoms with Gasteiger partial charge in [0.05, 0.1) is 12.2 Å². The van der Waals surface area contributed by atoms with Gasteiger partial charge >= 0.3 is 0 Å². The first-order valence-electron chi connectivity index (χ1n) is 6.57. The molecule has 2 heterocycles. The minimum absolute atomic E-state index is 0.285. The summed E-state index contributed by atoms with van der Waals surface area (Å²) in [5.74, 6) is 0.977. The summed E-state index contributed by atoms with van der Waals surface area (Å²) in [6.07, 6.45) is 2.35. The van der Waals surface area contributed by atoms with Crippen molar-refractivity contribution in [1.82, 2.24) is 15.4 Å². The first kappa shape index (κ1) is 12.6. The highest BCUT2D eigenvalue weighted by Crippen LogP contribution is 2.21. The highest BCUT2D eigenvalue weighted by Gasteiger charge is 2.31. The zero-order valence-corrected chi connectivity index (χ0v) is 11.1. The van der Waals surface area contributed by atoms with Crippen LogP contribution < -0.4 is 5.32 Å². The van der Waals surface area contributed by atoms with Gasteiger partial charge in [-0.2, -0.15) is 0 Å². The van der Waals surface area contributed by atoms with Crippen LogP contribution in [0.3, 0.4) is 0 Å². The summed E-state index contributed by atoms with van der Waals surface area (Å²) < 4.78 is 5.29. The van der Waals surface area contributed by atoms with Crippen molar-refractivity contribution in [3.05, 3.63) is 17.5 Å². The topological polar surface area (TPSA) is 41.3 Å². The van der Waals surface area contributed by atoms with E-state index in [0.717, 1.165) is 37.6 Å². The summed E-state index contributed by atoms with van der Waals surface area (Å²) in [7, 11) is 0. The van der Waals surface area contributed by atoms with Gasteiger partial charge in [-0.1, -0.05) is 19.0 Å². The molecule has 0 radical (unpaired) electrons. The lowest BCUT2D eigenvalue weighted by Gasteiger charge is -2.42. The van der Waals surface area contributed by atoms with E-state index in [9.17, 15) is 0 Å². The van der Waals surface area contributed by atoms with Gasteiger partial charge in [0, 0.05) is 31.2 Å². The van der Waals surface area contributed by atoms with Gasteiger partial charge in [0.15, 0.2) is 5.76 Å². The highest BCUT2D eigenvalue weighted by molar-refractivity contribution is 5.04. The Balaban J connectivity index is 1.98. The van der Waals surface area contributed by atoms with Crippen LogP contribution in [0.2, 0.25) is 0 Å². The van der Waals surface area contributed by atoms with Crippen molar-refractivity contribution >= 4 is 0 Å². The van der Waals surface area contributed by atoms with Crippen molar-refractivity contribution < 1.29 is 4.52 Å². The summed E-state index contributed by atoms with van der Waals surface area (Å²) in [5, 5.41) is 7.61. The molecule has 0 spiro atoms. The lowest BCUT2D eigenvalue weighted by atomic mass is 9.90. The predicted molar refractivity (Wildman–Crippen MR) is 67.8 cm³/mol. The van der Waals surface area contributed by atoms with Crippen LogP contribution in [0.25, 0.3) is 0 Å². The molecule has 1 aromatic heterocycles. The standard InChI is InChI=1S/C13H23N3O/c1-4-13(5-2)10-16(7-6-14-13)9-12-8-11(3)15-17-12/h8,14H,4-7,9-10H2,1-3H3. The number of hydrogen-bond acceptors (Lipinski definition) is 4. The molecule has 0 aromatic carbocycles. The van der Waals surface area contributed by atoms with Crippen LogP contribution in [0.4, 0.5) is 0 Å². The van der Waals surface area contributed by atoms with Gasteiger partial charge in [0.1, 0.15) is 0 Å². The molecule has 1 aliphatic heterocycles. The second-order valence-corrected chi connectivity index (χ2v) is 5.06. The molecule has 0 unspecified atom stereocenters. The molecule has 1 aliphatic rings. The van der Waals surface area contributed by atoms with Crippen LogP contribution in [-0.2, 0) is 6.54 Å². The number of nitrogens with zero attached hydrogens (tertiary/aromatic N) is 2. The van der Waals surface area contributed by atoms with Crippen molar-refractivity contribution in [1.29, 1.82) is 0 Å². The lowest BCUT2D eigenvalue weighted by Crippen LogP contribution is -2.59. The molecule has 1 aromatic rings. The van der Waals surface area contributed by atoms with Gasteiger partial charge < -0.3 is 9.84 Å². The van der Waals surface area contributed by atoms with Gasteiger partial charge in [-0.25, -0.2) is 0 Å². The number of aromatic nitrogens is 1. The second kappa shape index (κ2) is 5.19. The normalized spacial score (nSPS) is 20.6. The van der Waals surface area contributed by atoms with Crippen molar-refractivity contribution in [2.24, 2.45) is 0 Å². The van der Waals surface area contributed by atoms with Gasteiger partial charge in [0.2, 0.25) is 0 Å². The molecule has 0 atom stereocenters. The predicted octanol–water partition coefficient (Wildman–Crippen LogP) is 1.95. The summed E-state index contributed by atoms with van der Waals surface area (Å²) in [6.45, 7) is 10.6. The van der Waals surface area contributed by atoms with Gasteiger partial charge in [0.25, 0.3) is 0 Å². The third kappa shape index (κ3) is 2.87. The first-order chi connectivity index (χ1) is 8.17. The van der Waals surface area contributed by atoms with Gasteiger partial charge in [-0.15, -0.1) is 0 Å². The summed E-state index contributed by atoms with van der Waals surface area (Å²) in [5.41, 5.74) is 1.25. The maximum absolute atomic E-state index is 5.29. The molecule has 96 valence electrons. The van der Waals surface area contributed by atoms with Crippen molar-refractivity contribution in [3.8, 4) is 0 Å². The average Bonchev–Trinajstić information content (AvgIpc) is 2.75. The number of aryl methyl sites for hydroxylation is 1. The van der Waals surface area contributed by atoms with Crippen LogP contribution in [-0.4, -0.2) is 35.2 Å². The van der Waals surface area contributed by atoms with E-state index in [1.54, 1.807) is 0 Å². The average molecular weight is 237 g/mol. The third-order valence-electron chi connectivity index (χ3n) is 3.86. The molecule has 0 bridgehead atoms. The summed E-state index contributed by atoms with van der Waals surface area (Å²) in [6, 6.07) is 2.03. The fourth-order valence-corrected chi connectivity index (χ4v) is 2.61. The van der Waals surface area contributed by atoms with E-state index in [1.165, 1.54) is 12.8 Å². The van der Waals surface area contributed by atoms with E-state index in [1.807, 2.05) is 13.0 Å². The summed E-state index contributed by atoms with van der Waals surface area (Å²) >= 11 is 0. The quantitative estimate of drug-likeness (QED) is 0.869. The second-order valence-electron chi connectivity index (χ2n) is 5.06. The van der Waals surface area contributed by atoms with Crippen LogP contribution in [0.1, 0.15) is 38.1 Å². The molecule has 1 N–H and O–H groups in total. The van der Waals surface area contributed by atoms with Gasteiger partial charge in [-0.3, -0.25) is 4.90 Å². The van der Waals surface area contributed by atoms with Crippen LogP contribution in [0.15, 0.2) is 10.6 Å². The Kier molecular flexibility index (Phi) is 3.84. The van der Waals surface area contributed by atoms with Crippen LogP contribution in [0, 0.1) is 6.92 Å². The van der Waals surface area contributed by atoms with Crippen molar-refractivity contribution in [3.63, 3.8) is 0 Å². The Labute approximate surface area is 103 Å². The molecule has 0 aliphatic carbocycles. The number of nitrogens with one attached hydrogen (secondary N) is 1. The van der Waals surface area contributed by atoms with Gasteiger partial charge in [-0.05, 0) is 19.8 Å². The van der Waals surface area contributed by atoms with Crippen molar-refractivity contribution in [2.45, 2.75) is 45.7 Å². The number of hydrogen-bond donors (Lipinski definition) is 1. The third-order valence-corrected chi connectivity index (χ3v) is 3.86. The minimum atomic E-state index is 0.285. The maximum atomic E-state index is 5.29. The molecule has 17 heavy (non-hydrogen) atoms. The maximum Gasteiger partial charge on any atom is 0.150 e. The Morgan fingerprint density at radius 1 is 1.47 bits per heavy atom. The summed E-state index contributed by atoms with van der Waals surface area (Å²) in [4.78, 5) is 2.46. The van der Waals surface area contributed by atoms with Crippen LogP contribution in [0.5, 0.6) is 0 Å². The van der Waals surface area contributed by atoms with Crippen molar-refractivity contribution in [2.75, 3.05) is 19.6 Å². The number of rotatable bonds is 4. The molecule has 4 nitrogen and oxygen atoms in total. The molecular weight excluding hydrogens is 214 g/mol. The Morgan fingerprint density at radius 3 is 2.82 bits per heavy atom. The SMILES string of the molecule is CCC1(CC)CN(Cc2cc(C)no2)CCN1. The molecule has 4 heteroatoms. The lowest BCUT2D eigenvalue weighted by molar-refractivity contribution is 0.109. The number of piperazine rings is 1. The van der Waals surface area contributed by atoms with E-state index in [-0.39, 0.29) is 5.54 Å². The van der Waals surface area contributed by atoms with E-state index in [4.69, 9.17) is 4.52 Å². The molecule has 0 saturated carbocycles. The first-order valence-corrected chi connectivity index (χ1v) is 6.57. The zero-order chi connectivity index (χ0) is 12.3.